The molecule has 1 aromatic rings. The average Bonchev–Trinajstić information content (AvgIpc) is 2.27. The molecule has 17 heavy (non-hydrogen) atoms. The molecule has 0 aliphatic rings. The number of nitrogens with one attached hydrogen (secondary N) is 2. The van der Waals surface area contributed by atoms with Crippen LogP contribution in [0.3, 0.4) is 0 Å². The molecule has 0 aromatic carbocycles. The van der Waals surface area contributed by atoms with Crippen molar-refractivity contribution in [3.05, 3.63) is 27.9 Å². The van der Waals surface area contributed by atoms with Crippen LogP contribution in [-0.4, -0.2) is 28.9 Å². The lowest BCUT2D eigenvalue weighted by molar-refractivity contribution is -0.389. The SMILES string of the molecule is CNc1cnc([N+](=O)[O-])cc1C(=O)NC(C)C. The van der Waals surface area contributed by atoms with Crippen LogP contribution in [0.5, 0.6) is 0 Å². The minimum atomic E-state index is -0.633. The number of amides is 1. The first kappa shape index (κ1) is 12.9. The molecule has 0 atom stereocenters. The molecule has 1 heterocycles. The first-order chi connectivity index (χ1) is 7.95. The Morgan fingerprint density at radius 1 is 1.53 bits per heavy atom. The summed E-state index contributed by atoms with van der Waals surface area (Å²) in [6, 6.07) is 1.11. The van der Waals surface area contributed by atoms with Crippen LogP contribution >= 0.6 is 0 Å². The number of anilines is 1. The van der Waals surface area contributed by atoms with Crippen molar-refractivity contribution >= 4 is 17.4 Å². The fourth-order valence-corrected chi connectivity index (χ4v) is 1.27. The number of nitrogens with zero attached hydrogens (tertiary/aromatic N) is 2. The third-order valence-electron chi connectivity index (χ3n) is 2.01. The number of aromatic nitrogens is 1. The molecule has 0 saturated carbocycles. The fraction of sp³-hybridized carbons (Fsp3) is 0.400. The molecule has 0 aliphatic carbocycles. The van der Waals surface area contributed by atoms with Gasteiger partial charge in [0.15, 0.2) is 6.20 Å². The Hall–Kier alpha value is -2.18. The highest BCUT2D eigenvalue weighted by atomic mass is 16.6. The lowest BCUT2D eigenvalue weighted by Crippen LogP contribution is -2.30. The van der Waals surface area contributed by atoms with E-state index in [0.717, 1.165) is 6.07 Å². The van der Waals surface area contributed by atoms with Crippen molar-refractivity contribution in [1.29, 1.82) is 0 Å². The molecule has 7 nitrogen and oxygen atoms in total. The van der Waals surface area contributed by atoms with Crippen LogP contribution in [0.25, 0.3) is 0 Å². The van der Waals surface area contributed by atoms with Crippen LogP contribution in [0.1, 0.15) is 24.2 Å². The van der Waals surface area contributed by atoms with Gasteiger partial charge in [-0.15, -0.1) is 0 Å². The normalized spacial score (nSPS) is 10.1. The first-order valence-electron chi connectivity index (χ1n) is 5.08. The smallest absolute Gasteiger partial charge is 0.364 e. The van der Waals surface area contributed by atoms with Crippen LogP contribution in [0.4, 0.5) is 11.5 Å². The van der Waals surface area contributed by atoms with Gasteiger partial charge in [-0.25, -0.2) is 0 Å². The molecule has 0 radical (unpaired) electrons. The summed E-state index contributed by atoms with van der Waals surface area (Å²) in [5, 5.41) is 16.0. The van der Waals surface area contributed by atoms with Gasteiger partial charge in [0, 0.05) is 13.1 Å². The molecule has 92 valence electrons. The summed E-state index contributed by atoms with van der Waals surface area (Å²) in [6.45, 7) is 3.62. The van der Waals surface area contributed by atoms with Gasteiger partial charge in [0.1, 0.15) is 0 Å². The number of hydrogen-bond acceptors (Lipinski definition) is 5. The van der Waals surface area contributed by atoms with Gasteiger partial charge in [0.25, 0.3) is 5.91 Å². The minimum absolute atomic E-state index is 0.0422. The Bertz CT molecular complexity index is 445. The molecule has 1 amide bonds. The van der Waals surface area contributed by atoms with E-state index < -0.39 is 4.92 Å². The van der Waals surface area contributed by atoms with E-state index in [1.807, 2.05) is 13.8 Å². The summed E-state index contributed by atoms with van der Waals surface area (Å²) >= 11 is 0. The molecule has 1 aromatic heterocycles. The van der Waals surface area contributed by atoms with Gasteiger partial charge in [-0.2, -0.15) is 0 Å². The van der Waals surface area contributed by atoms with Crippen LogP contribution < -0.4 is 10.6 Å². The van der Waals surface area contributed by atoms with E-state index in [2.05, 4.69) is 15.6 Å². The van der Waals surface area contributed by atoms with E-state index in [0.29, 0.717) is 5.69 Å². The minimum Gasteiger partial charge on any atom is -0.384 e. The second kappa shape index (κ2) is 5.24. The van der Waals surface area contributed by atoms with E-state index in [9.17, 15) is 14.9 Å². The number of carbonyl (C=O) groups excluding carboxylic acids is 1. The lowest BCUT2D eigenvalue weighted by atomic mass is 10.2. The number of pyridine rings is 1. The highest BCUT2D eigenvalue weighted by Crippen LogP contribution is 2.18. The molecule has 2 N–H and O–H groups in total. The van der Waals surface area contributed by atoms with Crippen LogP contribution in [0.15, 0.2) is 12.3 Å². The molecule has 0 fully saturated rings. The summed E-state index contributed by atoms with van der Waals surface area (Å²) in [7, 11) is 1.62. The number of hydrogen-bond donors (Lipinski definition) is 2. The van der Waals surface area contributed by atoms with E-state index >= 15 is 0 Å². The molecule has 7 heteroatoms. The van der Waals surface area contributed by atoms with E-state index in [-0.39, 0.29) is 23.3 Å². The molecule has 1 rings (SSSR count). The Morgan fingerprint density at radius 2 is 2.18 bits per heavy atom. The summed E-state index contributed by atoms with van der Waals surface area (Å²) in [4.78, 5) is 25.4. The van der Waals surface area contributed by atoms with Gasteiger partial charge in [0.05, 0.1) is 17.3 Å². The van der Waals surface area contributed by atoms with Crippen molar-refractivity contribution in [2.24, 2.45) is 0 Å². The summed E-state index contributed by atoms with van der Waals surface area (Å²) in [5.74, 6) is -0.715. The maximum Gasteiger partial charge on any atom is 0.364 e. The maximum absolute atomic E-state index is 11.8. The van der Waals surface area contributed by atoms with Crippen LogP contribution in [0.2, 0.25) is 0 Å². The highest BCUT2D eigenvalue weighted by molar-refractivity contribution is 6.00. The van der Waals surface area contributed by atoms with Crippen molar-refractivity contribution in [2.75, 3.05) is 12.4 Å². The lowest BCUT2D eigenvalue weighted by Gasteiger charge is -2.10. The monoisotopic (exact) mass is 238 g/mol. The zero-order valence-corrected chi connectivity index (χ0v) is 9.85. The Kier molecular flexibility index (Phi) is 3.97. The van der Waals surface area contributed by atoms with Gasteiger partial charge in [-0.3, -0.25) is 4.79 Å². The van der Waals surface area contributed by atoms with Crippen molar-refractivity contribution in [3.63, 3.8) is 0 Å². The quantitative estimate of drug-likeness (QED) is 0.606. The predicted octanol–water partition coefficient (Wildman–Crippen LogP) is 1.17. The highest BCUT2D eigenvalue weighted by Gasteiger charge is 2.18. The van der Waals surface area contributed by atoms with E-state index in [1.165, 1.54) is 6.20 Å². The summed E-state index contributed by atoms with van der Waals surface area (Å²) < 4.78 is 0. The standard InChI is InChI=1S/C10H14N4O3/c1-6(2)13-10(15)7-4-9(14(16)17)12-5-8(7)11-3/h4-6,11H,1-3H3,(H,13,15). The Balaban J connectivity index is 3.14. The van der Waals surface area contributed by atoms with Gasteiger partial charge >= 0.3 is 5.82 Å². The second-order valence-electron chi connectivity index (χ2n) is 3.72. The van der Waals surface area contributed by atoms with Gasteiger partial charge in [0.2, 0.25) is 0 Å². The molecular formula is C10H14N4O3. The molecule has 0 spiro atoms. The third-order valence-corrected chi connectivity index (χ3v) is 2.01. The Morgan fingerprint density at radius 3 is 2.65 bits per heavy atom. The van der Waals surface area contributed by atoms with Crippen molar-refractivity contribution < 1.29 is 9.72 Å². The summed E-state index contributed by atoms with van der Waals surface area (Å²) in [5.41, 5.74) is 0.664. The topological polar surface area (TPSA) is 97.2 Å². The first-order valence-corrected chi connectivity index (χ1v) is 5.08. The molecule has 0 aliphatic heterocycles. The Labute approximate surface area is 98.4 Å². The van der Waals surface area contributed by atoms with E-state index in [4.69, 9.17) is 0 Å². The van der Waals surface area contributed by atoms with Crippen molar-refractivity contribution in [3.8, 4) is 0 Å². The zero-order chi connectivity index (χ0) is 13.0. The third kappa shape index (κ3) is 3.13. The van der Waals surface area contributed by atoms with E-state index in [1.54, 1.807) is 7.05 Å². The average molecular weight is 238 g/mol. The molecule has 0 saturated heterocycles. The van der Waals surface area contributed by atoms with Crippen LogP contribution in [-0.2, 0) is 0 Å². The van der Waals surface area contributed by atoms with Gasteiger partial charge in [-0.05, 0) is 23.8 Å². The fourth-order valence-electron chi connectivity index (χ4n) is 1.27. The molecule has 0 bridgehead atoms. The number of carbonyl (C=O) groups is 1. The van der Waals surface area contributed by atoms with Crippen molar-refractivity contribution in [2.45, 2.75) is 19.9 Å². The van der Waals surface area contributed by atoms with Gasteiger partial charge in [-0.1, -0.05) is 0 Å². The predicted molar refractivity (Wildman–Crippen MR) is 63.0 cm³/mol. The van der Waals surface area contributed by atoms with Gasteiger partial charge < -0.3 is 20.7 Å². The number of nitro groups is 1. The summed E-state index contributed by atoms with van der Waals surface area (Å²) in [6.07, 6.45) is 1.27. The zero-order valence-electron chi connectivity index (χ0n) is 9.85. The molecular weight excluding hydrogens is 224 g/mol. The van der Waals surface area contributed by atoms with Crippen molar-refractivity contribution in [1.82, 2.24) is 10.3 Å². The second-order valence-corrected chi connectivity index (χ2v) is 3.72. The maximum atomic E-state index is 11.8. The largest absolute Gasteiger partial charge is 0.384 e. The van der Waals surface area contributed by atoms with Crippen LogP contribution in [0, 0.1) is 10.1 Å². The molecule has 0 unspecified atom stereocenters. The number of rotatable bonds is 4.